The minimum absolute atomic E-state index is 0.0972. The summed E-state index contributed by atoms with van der Waals surface area (Å²) in [7, 11) is 0. The van der Waals surface area contributed by atoms with Crippen LogP contribution >= 0.6 is 0 Å². The first-order chi connectivity index (χ1) is 15.0. The molecule has 0 saturated carbocycles. The van der Waals surface area contributed by atoms with E-state index in [0.29, 0.717) is 41.9 Å². The van der Waals surface area contributed by atoms with Gasteiger partial charge in [0.25, 0.3) is 0 Å². The van der Waals surface area contributed by atoms with E-state index < -0.39 is 11.6 Å². The van der Waals surface area contributed by atoms with Gasteiger partial charge in [-0.2, -0.15) is 5.26 Å². The summed E-state index contributed by atoms with van der Waals surface area (Å²) in [5.74, 6) is -0.104. The van der Waals surface area contributed by atoms with Gasteiger partial charge >= 0.3 is 0 Å². The van der Waals surface area contributed by atoms with Gasteiger partial charge in [-0.05, 0) is 43.3 Å². The van der Waals surface area contributed by atoms with E-state index in [0.717, 1.165) is 17.8 Å². The average Bonchev–Trinajstić information content (AvgIpc) is 3.12. The molecule has 0 aliphatic carbocycles. The van der Waals surface area contributed by atoms with Crippen molar-refractivity contribution in [1.82, 2.24) is 9.38 Å². The monoisotopic (exact) mass is 418 g/mol. The maximum Gasteiger partial charge on any atom is 0.163 e. The van der Waals surface area contributed by atoms with Gasteiger partial charge in [0.1, 0.15) is 42.0 Å². The molecule has 0 unspecified atom stereocenters. The lowest BCUT2D eigenvalue weighted by atomic mass is 10.1. The number of aromatic nitrogens is 2. The summed E-state index contributed by atoms with van der Waals surface area (Å²) in [5, 5.41) is 12.2. The predicted molar refractivity (Wildman–Crippen MR) is 111 cm³/mol. The largest absolute Gasteiger partial charge is 0.486 e. The lowest BCUT2D eigenvalue weighted by molar-refractivity contribution is 0.171. The van der Waals surface area contributed by atoms with Crippen molar-refractivity contribution in [3.05, 3.63) is 71.4 Å². The number of benzene rings is 2. The van der Waals surface area contributed by atoms with Crippen LogP contribution in [0.5, 0.6) is 11.5 Å². The molecule has 8 heteroatoms. The Bertz CT molecular complexity index is 1350. The molecule has 0 spiro atoms. The molecule has 0 amide bonds. The van der Waals surface area contributed by atoms with E-state index >= 15 is 0 Å². The average molecular weight is 418 g/mol. The number of hydrogen-bond donors (Lipinski definition) is 1. The molecular weight excluding hydrogens is 402 g/mol. The van der Waals surface area contributed by atoms with Gasteiger partial charge in [0, 0.05) is 17.4 Å². The Morgan fingerprint density at radius 3 is 2.52 bits per heavy atom. The van der Waals surface area contributed by atoms with Crippen LogP contribution in [0, 0.1) is 29.9 Å². The normalized spacial score (nSPS) is 12.6. The number of anilines is 2. The van der Waals surface area contributed by atoms with E-state index in [1.165, 1.54) is 0 Å². The molecule has 154 valence electrons. The smallest absolute Gasteiger partial charge is 0.163 e. The van der Waals surface area contributed by atoms with Gasteiger partial charge in [0.2, 0.25) is 0 Å². The Balaban J connectivity index is 1.70. The lowest BCUT2D eigenvalue weighted by Gasteiger charge is -2.19. The molecule has 3 heterocycles. The van der Waals surface area contributed by atoms with Crippen molar-refractivity contribution in [3.63, 3.8) is 0 Å². The number of rotatable bonds is 3. The first kappa shape index (κ1) is 18.9. The van der Waals surface area contributed by atoms with E-state index in [-0.39, 0.29) is 16.8 Å². The van der Waals surface area contributed by atoms with E-state index in [1.54, 1.807) is 34.7 Å². The van der Waals surface area contributed by atoms with Crippen molar-refractivity contribution in [2.75, 3.05) is 18.5 Å². The Morgan fingerprint density at radius 1 is 1.03 bits per heavy atom. The molecule has 0 saturated heterocycles. The molecule has 0 atom stereocenters. The molecule has 2 aromatic carbocycles. The van der Waals surface area contributed by atoms with Crippen LogP contribution in [0.25, 0.3) is 16.9 Å². The fourth-order valence-electron chi connectivity index (χ4n) is 3.67. The number of nitrogens with one attached hydrogen (secondary N) is 1. The minimum Gasteiger partial charge on any atom is -0.486 e. The third kappa shape index (κ3) is 3.20. The summed E-state index contributed by atoms with van der Waals surface area (Å²) in [4.78, 5) is 4.49. The summed E-state index contributed by atoms with van der Waals surface area (Å²) >= 11 is 0. The lowest BCUT2D eigenvalue weighted by Crippen LogP contribution is -2.15. The van der Waals surface area contributed by atoms with E-state index in [9.17, 15) is 8.78 Å². The number of imidazole rings is 1. The second kappa shape index (κ2) is 7.29. The Labute approximate surface area is 176 Å². The molecule has 31 heavy (non-hydrogen) atoms. The van der Waals surface area contributed by atoms with Crippen molar-refractivity contribution in [2.24, 2.45) is 0 Å². The number of fused-ring (bicyclic) bond motifs is 2. The first-order valence-corrected chi connectivity index (χ1v) is 9.59. The zero-order valence-electron chi connectivity index (χ0n) is 16.4. The van der Waals surface area contributed by atoms with Crippen LogP contribution in [0.1, 0.15) is 11.3 Å². The molecular formula is C23H16F2N4O2. The molecule has 1 N–H and O–H groups in total. The Hall–Kier alpha value is -4.12. The number of nitriles is 1. The van der Waals surface area contributed by atoms with Crippen LogP contribution < -0.4 is 14.8 Å². The fraction of sp³-hybridized carbons (Fsp3) is 0.130. The van der Waals surface area contributed by atoms with E-state index in [1.807, 2.05) is 19.1 Å². The molecule has 1 aliphatic rings. The molecule has 4 aromatic rings. The maximum absolute atomic E-state index is 14.9. The van der Waals surface area contributed by atoms with E-state index in [2.05, 4.69) is 10.3 Å². The highest BCUT2D eigenvalue weighted by Crippen LogP contribution is 2.38. The fourth-order valence-corrected chi connectivity index (χ4v) is 3.67. The standard InChI is InChI=1S/C23H16F2N4O2/c1-13-3-2-4-20-28-22(21-16(24)9-14(12-26)10-17(21)25)23(29(13)20)27-15-5-6-18-19(11-15)31-8-7-30-18/h2-6,9-11,27H,7-8H2,1H3. The number of hydrogen-bond acceptors (Lipinski definition) is 5. The summed E-state index contributed by atoms with van der Waals surface area (Å²) in [6, 6.07) is 14.5. The zero-order chi connectivity index (χ0) is 21.5. The van der Waals surface area contributed by atoms with Gasteiger partial charge < -0.3 is 14.8 Å². The van der Waals surface area contributed by atoms with Crippen LogP contribution in [0.15, 0.2) is 48.5 Å². The van der Waals surface area contributed by atoms with Crippen LogP contribution in [-0.4, -0.2) is 22.6 Å². The summed E-state index contributed by atoms with van der Waals surface area (Å²) < 4.78 is 42.7. The highest BCUT2D eigenvalue weighted by molar-refractivity contribution is 5.81. The van der Waals surface area contributed by atoms with Gasteiger partial charge in [-0.1, -0.05) is 6.07 Å². The highest BCUT2D eigenvalue weighted by atomic mass is 19.1. The SMILES string of the molecule is Cc1cccc2nc(-c3c(F)cc(C#N)cc3F)c(Nc3ccc4c(c3)OCCO4)n12. The zero-order valence-corrected chi connectivity index (χ0v) is 16.4. The number of halogens is 2. The van der Waals surface area contributed by atoms with Gasteiger partial charge in [-0.15, -0.1) is 0 Å². The van der Waals surface area contributed by atoms with Gasteiger partial charge in [0.05, 0.1) is 17.2 Å². The highest BCUT2D eigenvalue weighted by Gasteiger charge is 2.23. The maximum atomic E-state index is 14.9. The molecule has 6 nitrogen and oxygen atoms in total. The van der Waals surface area contributed by atoms with Crippen molar-refractivity contribution in [3.8, 4) is 28.8 Å². The van der Waals surface area contributed by atoms with Gasteiger partial charge in [-0.3, -0.25) is 4.40 Å². The molecule has 0 fully saturated rings. The molecule has 0 bridgehead atoms. The van der Waals surface area contributed by atoms with Crippen LogP contribution in [0.2, 0.25) is 0 Å². The Morgan fingerprint density at radius 2 is 1.77 bits per heavy atom. The van der Waals surface area contributed by atoms with Crippen LogP contribution in [-0.2, 0) is 0 Å². The predicted octanol–water partition coefficient (Wildman–Crippen LogP) is 4.97. The number of nitrogens with zero attached hydrogens (tertiary/aromatic N) is 3. The second-order valence-electron chi connectivity index (χ2n) is 7.08. The van der Waals surface area contributed by atoms with Crippen molar-refractivity contribution in [2.45, 2.75) is 6.92 Å². The summed E-state index contributed by atoms with van der Waals surface area (Å²) in [6.07, 6.45) is 0. The summed E-state index contributed by atoms with van der Waals surface area (Å²) in [6.45, 7) is 2.80. The van der Waals surface area contributed by atoms with Gasteiger partial charge in [0.15, 0.2) is 11.5 Å². The third-order valence-corrected chi connectivity index (χ3v) is 5.05. The number of aryl methyl sites for hydroxylation is 1. The quantitative estimate of drug-likeness (QED) is 0.508. The molecule has 1 aliphatic heterocycles. The van der Waals surface area contributed by atoms with Crippen LogP contribution in [0.3, 0.4) is 0 Å². The third-order valence-electron chi connectivity index (χ3n) is 5.05. The van der Waals surface area contributed by atoms with Crippen molar-refractivity contribution in [1.29, 1.82) is 5.26 Å². The number of pyridine rings is 1. The second-order valence-corrected chi connectivity index (χ2v) is 7.08. The van der Waals surface area contributed by atoms with Crippen LogP contribution in [0.4, 0.5) is 20.3 Å². The van der Waals surface area contributed by atoms with E-state index in [4.69, 9.17) is 14.7 Å². The summed E-state index contributed by atoms with van der Waals surface area (Å²) in [5.41, 5.74) is 1.69. The topological polar surface area (TPSA) is 71.6 Å². The number of ether oxygens (including phenoxy) is 2. The minimum atomic E-state index is -0.858. The molecule has 2 aromatic heterocycles. The van der Waals surface area contributed by atoms with Crippen molar-refractivity contribution >= 4 is 17.2 Å². The van der Waals surface area contributed by atoms with Crippen molar-refractivity contribution < 1.29 is 18.3 Å². The first-order valence-electron chi connectivity index (χ1n) is 9.59. The van der Waals surface area contributed by atoms with Gasteiger partial charge in [-0.25, -0.2) is 13.8 Å². The molecule has 0 radical (unpaired) electrons. The Kier molecular flexibility index (Phi) is 4.44. The molecule has 5 rings (SSSR count).